The number of nitrogens with zero attached hydrogens (tertiary/aromatic N) is 1. The van der Waals surface area contributed by atoms with Gasteiger partial charge >= 0.3 is 5.97 Å². The van der Waals surface area contributed by atoms with E-state index >= 15 is 0 Å². The third-order valence-corrected chi connectivity index (χ3v) is 8.02. The van der Waals surface area contributed by atoms with E-state index in [0.717, 1.165) is 5.56 Å². The van der Waals surface area contributed by atoms with Gasteiger partial charge in [0, 0.05) is 0 Å². The number of aliphatic hydroxyl groups excluding tert-OH is 1. The minimum atomic E-state index is -1.21. The number of aryl methyl sites for hydroxylation is 1. The molecule has 0 aromatic heterocycles. The first kappa shape index (κ1) is 24.7. The first-order valence-electron chi connectivity index (χ1n) is 12.2. The van der Waals surface area contributed by atoms with Crippen molar-refractivity contribution >= 4 is 35.1 Å². The molecule has 2 bridgehead atoms. The molecule has 2 unspecified atom stereocenters. The number of anilines is 1. The van der Waals surface area contributed by atoms with E-state index in [1.54, 1.807) is 31.2 Å². The summed E-state index contributed by atoms with van der Waals surface area (Å²) in [5.41, 5.74) is 0.689. The van der Waals surface area contributed by atoms with Crippen LogP contribution in [0.5, 0.6) is 0 Å². The molecule has 9 heteroatoms. The van der Waals surface area contributed by atoms with Crippen LogP contribution in [-0.2, 0) is 23.9 Å². The molecule has 8 nitrogen and oxygen atoms in total. The lowest BCUT2D eigenvalue weighted by Crippen LogP contribution is -2.54. The lowest BCUT2D eigenvalue weighted by Gasteiger charge is -2.37. The molecule has 0 radical (unpaired) electrons. The number of ether oxygens (including phenoxy) is 2. The number of esters is 1. The van der Waals surface area contributed by atoms with Gasteiger partial charge in [-0.1, -0.05) is 54.1 Å². The van der Waals surface area contributed by atoms with Crippen molar-refractivity contribution in [1.29, 1.82) is 0 Å². The van der Waals surface area contributed by atoms with Crippen LogP contribution in [0.25, 0.3) is 0 Å². The summed E-state index contributed by atoms with van der Waals surface area (Å²) in [5.74, 6) is -3.04. The lowest BCUT2D eigenvalue weighted by atomic mass is 9.70. The molecule has 2 N–H and O–H groups in total. The Balaban J connectivity index is 1.60. The van der Waals surface area contributed by atoms with Crippen molar-refractivity contribution in [3.05, 3.63) is 64.7 Å². The molecule has 3 fully saturated rings. The zero-order chi connectivity index (χ0) is 25.6. The summed E-state index contributed by atoms with van der Waals surface area (Å²) >= 11 is 6.39. The normalized spacial score (nSPS) is 29.2. The molecule has 6 atom stereocenters. The summed E-state index contributed by atoms with van der Waals surface area (Å²) < 4.78 is 11.7. The average molecular weight is 513 g/mol. The van der Waals surface area contributed by atoms with Crippen molar-refractivity contribution < 1.29 is 29.0 Å². The molecule has 190 valence electrons. The zero-order valence-corrected chi connectivity index (χ0v) is 20.9. The summed E-state index contributed by atoms with van der Waals surface area (Å²) in [7, 11) is 0. The zero-order valence-electron chi connectivity index (χ0n) is 20.1. The van der Waals surface area contributed by atoms with Crippen molar-refractivity contribution in [1.82, 2.24) is 4.90 Å². The van der Waals surface area contributed by atoms with Crippen LogP contribution in [0.1, 0.15) is 36.9 Å². The van der Waals surface area contributed by atoms with Crippen molar-refractivity contribution in [3.8, 4) is 0 Å². The van der Waals surface area contributed by atoms with Gasteiger partial charge in [0.15, 0.2) is 0 Å². The first-order chi connectivity index (χ1) is 17.3. The second-order valence-corrected chi connectivity index (χ2v) is 9.99. The maximum Gasteiger partial charge on any atom is 0.312 e. The van der Waals surface area contributed by atoms with Gasteiger partial charge in [0.05, 0.1) is 47.9 Å². The van der Waals surface area contributed by atoms with Crippen LogP contribution in [0.3, 0.4) is 0 Å². The monoisotopic (exact) mass is 512 g/mol. The highest BCUT2D eigenvalue weighted by molar-refractivity contribution is 6.34. The van der Waals surface area contributed by atoms with Crippen LogP contribution in [0.4, 0.5) is 5.69 Å². The number of benzene rings is 2. The van der Waals surface area contributed by atoms with E-state index in [0.29, 0.717) is 29.1 Å². The number of halogens is 1. The van der Waals surface area contributed by atoms with Crippen LogP contribution in [0.15, 0.2) is 48.5 Å². The maximum absolute atomic E-state index is 14.1. The molecular formula is C27H29ClN2O6. The van der Waals surface area contributed by atoms with Gasteiger partial charge in [0.2, 0.25) is 11.8 Å². The number of amides is 2. The minimum absolute atomic E-state index is 0.179. The number of likely N-dealkylation sites (tertiary alicyclic amines) is 1. The standard InChI is InChI=1S/C27H29ClN2O6/c1-3-35-26(34)20-19-12-13-27(36-19)21(20)25(33)30(18(14-31)16-9-5-4-6-10-16)23(27)24(32)29-22-15(2)8-7-11-17(22)28/h4-11,18-21,23,31H,3,12-14H2,1-2H3,(H,29,32)/t18-,19+,20-,21+,23?,27?/m1/s1. The van der Waals surface area contributed by atoms with Crippen LogP contribution in [0.2, 0.25) is 5.02 Å². The smallest absolute Gasteiger partial charge is 0.312 e. The Labute approximate surface area is 214 Å². The van der Waals surface area contributed by atoms with E-state index in [4.69, 9.17) is 21.1 Å². The molecule has 3 aliphatic heterocycles. The number of carbonyl (C=O) groups is 3. The molecule has 2 aromatic carbocycles. The Morgan fingerprint density at radius 3 is 2.67 bits per heavy atom. The van der Waals surface area contributed by atoms with Crippen LogP contribution in [0, 0.1) is 18.8 Å². The number of nitrogens with one attached hydrogen (secondary N) is 1. The fraction of sp³-hybridized carbons (Fsp3) is 0.444. The van der Waals surface area contributed by atoms with Crippen LogP contribution >= 0.6 is 11.6 Å². The highest BCUT2D eigenvalue weighted by Gasteiger charge is 2.75. The molecule has 3 heterocycles. The van der Waals surface area contributed by atoms with Crippen LogP contribution < -0.4 is 5.32 Å². The minimum Gasteiger partial charge on any atom is -0.466 e. The molecule has 0 aliphatic carbocycles. The molecule has 2 amide bonds. The fourth-order valence-electron chi connectivity index (χ4n) is 6.24. The third-order valence-electron chi connectivity index (χ3n) is 7.71. The van der Waals surface area contributed by atoms with Crippen LogP contribution in [-0.4, -0.2) is 58.8 Å². The molecule has 0 saturated carbocycles. The summed E-state index contributed by atoms with van der Waals surface area (Å²) in [5, 5.41) is 13.7. The van der Waals surface area contributed by atoms with Gasteiger partial charge in [-0.3, -0.25) is 14.4 Å². The number of rotatable bonds is 7. The quantitative estimate of drug-likeness (QED) is 0.552. The predicted molar refractivity (Wildman–Crippen MR) is 132 cm³/mol. The number of para-hydroxylation sites is 1. The van der Waals surface area contributed by atoms with Gasteiger partial charge in [0.1, 0.15) is 11.6 Å². The number of fused-ring (bicyclic) bond motifs is 1. The van der Waals surface area contributed by atoms with E-state index < -0.39 is 60.0 Å². The molecule has 3 saturated heterocycles. The number of carbonyl (C=O) groups excluding carboxylic acids is 3. The summed E-state index contributed by atoms with van der Waals surface area (Å²) in [6.45, 7) is 3.32. The van der Waals surface area contributed by atoms with Crippen molar-refractivity contribution in [2.75, 3.05) is 18.5 Å². The Bertz CT molecular complexity index is 1170. The Kier molecular flexibility index (Phi) is 6.53. The van der Waals surface area contributed by atoms with Gasteiger partial charge in [0.25, 0.3) is 0 Å². The van der Waals surface area contributed by atoms with E-state index in [2.05, 4.69) is 5.32 Å². The average Bonchev–Trinajstić information content (AvgIpc) is 3.51. The number of hydrogen-bond acceptors (Lipinski definition) is 6. The second kappa shape index (κ2) is 9.50. The summed E-state index contributed by atoms with van der Waals surface area (Å²) in [6.07, 6.45) is 0.472. The second-order valence-electron chi connectivity index (χ2n) is 9.58. The lowest BCUT2D eigenvalue weighted by molar-refractivity contribution is -0.155. The summed E-state index contributed by atoms with van der Waals surface area (Å²) in [6, 6.07) is 12.5. The third kappa shape index (κ3) is 3.70. The highest BCUT2D eigenvalue weighted by atomic mass is 35.5. The SMILES string of the molecule is CCOC(=O)[C@@H]1[C@@H]2CCC3(O2)C(C(=O)Nc2c(C)cccc2Cl)N([C@H](CO)c2ccccc2)C(=O)[C@H]13. The number of aliphatic hydroxyl groups is 1. The topological polar surface area (TPSA) is 105 Å². The van der Waals surface area contributed by atoms with E-state index in [1.807, 2.05) is 31.2 Å². The number of hydrogen-bond donors (Lipinski definition) is 2. The Hall–Kier alpha value is -2.94. The highest BCUT2D eigenvalue weighted by Crippen LogP contribution is 2.60. The molecule has 3 aliphatic rings. The van der Waals surface area contributed by atoms with E-state index in [1.165, 1.54) is 4.90 Å². The van der Waals surface area contributed by atoms with E-state index in [-0.39, 0.29) is 6.61 Å². The van der Waals surface area contributed by atoms with E-state index in [9.17, 15) is 19.5 Å². The molecular weight excluding hydrogens is 484 g/mol. The Morgan fingerprint density at radius 2 is 2.00 bits per heavy atom. The van der Waals surface area contributed by atoms with Gasteiger partial charge in [-0.2, -0.15) is 0 Å². The maximum atomic E-state index is 14.1. The molecule has 5 rings (SSSR count). The van der Waals surface area contributed by atoms with Gasteiger partial charge in [-0.15, -0.1) is 0 Å². The molecule has 36 heavy (non-hydrogen) atoms. The van der Waals surface area contributed by atoms with Gasteiger partial charge < -0.3 is 24.8 Å². The van der Waals surface area contributed by atoms with Crippen molar-refractivity contribution in [3.63, 3.8) is 0 Å². The Morgan fingerprint density at radius 1 is 1.25 bits per heavy atom. The van der Waals surface area contributed by atoms with Gasteiger partial charge in [-0.05, 0) is 43.9 Å². The van der Waals surface area contributed by atoms with Crippen molar-refractivity contribution in [2.24, 2.45) is 11.8 Å². The fourth-order valence-corrected chi connectivity index (χ4v) is 6.51. The van der Waals surface area contributed by atoms with Gasteiger partial charge in [-0.25, -0.2) is 0 Å². The largest absolute Gasteiger partial charge is 0.466 e. The summed E-state index contributed by atoms with van der Waals surface area (Å²) in [4.78, 5) is 42.5. The van der Waals surface area contributed by atoms with Crippen molar-refractivity contribution in [2.45, 2.75) is 50.5 Å². The first-order valence-corrected chi connectivity index (χ1v) is 12.6. The predicted octanol–water partition coefficient (Wildman–Crippen LogP) is 3.26. The molecule has 1 spiro atoms. The molecule has 2 aromatic rings.